The minimum Gasteiger partial charge on any atom is -0.492 e. The molecular weight excluding hydrogens is 286 g/mol. The fraction of sp³-hybridized carbons (Fsp3) is 0.500. The van der Waals surface area contributed by atoms with Crippen molar-refractivity contribution in [2.45, 2.75) is 19.9 Å². The molecule has 1 rings (SSSR count). The molecule has 1 aromatic carbocycles. The Morgan fingerprint density at radius 1 is 1.50 bits per heavy atom. The van der Waals surface area contributed by atoms with Crippen molar-refractivity contribution in [3.63, 3.8) is 0 Å². The first-order valence-corrected chi connectivity index (χ1v) is 7.35. The highest BCUT2D eigenvalue weighted by Crippen LogP contribution is 2.27. The molecule has 0 saturated heterocycles. The van der Waals surface area contributed by atoms with E-state index in [0.717, 1.165) is 33.9 Å². The van der Waals surface area contributed by atoms with Crippen LogP contribution in [0.25, 0.3) is 0 Å². The van der Waals surface area contributed by atoms with Gasteiger partial charge < -0.3 is 10.5 Å². The lowest BCUT2D eigenvalue weighted by molar-refractivity contribution is 0.338. The molecule has 0 radical (unpaired) electrons. The summed E-state index contributed by atoms with van der Waals surface area (Å²) in [6.45, 7) is 4.85. The van der Waals surface area contributed by atoms with E-state index in [1.807, 2.05) is 36.9 Å². The van der Waals surface area contributed by atoms with E-state index >= 15 is 0 Å². The summed E-state index contributed by atoms with van der Waals surface area (Å²) in [6, 6.07) is 5.99. The molecule has 0 spiro atoms. The molecule has 16 heavy (non-hydrogen) atoms. The minimum atomic E-state index is 0.00179. The van der Waals surface area contributed by atoms with Gasteiger partial charge in [-0.05, 0) is 24.8 Å². The zero-order valence-corrected chi connectivity index (χ0v) is 12.1. The third-order valence-corrected chi connectivity index (χ3v) is 3.51. The van der Waals surface area contributed by atoms with Crippen molar-refractivity contribution < 1.29 is 4.74 Å². The van der Waals surface area contributed by atoms with E-state index in [-0.39, 0.29) is 6.04 Å². The van der Waals surface area contributed by atoms with Gasteiger partial charge in [-0.25, -0.2) is 0 Å². The highest BCUT2D eigenvalue weighted by atomic mass is 79.9. The van der Waals surface area contributed by atoms with E-state index in [2.05, 4.69) is 22.9 Å². The maximum absolute atomic E-state index is 5.89. The Hall–Kier alpha value is -0.190. The van der Waals surface area contributed by atoms with Gasteiger partial charge in [-0.3, -0.25) is 0 Å². The van der Waals surface area contributed by atoms with Gasteiger partial charge in [0.05, 0.1) is 6.61 Å². The smallest absolute Gasteiger partial charge is 0.125 e. The van der Waals surface area contributed by atoms with Gasteiger partial charge in [0.15, 0.2) is 0 Å². The Labute approximate surface area is 110 Å². The standard InChI is InChI=1S/C12H18BrNOS/c1-3-16-7-6-15-12-8-10(13)4-5-11(12)9(2)14/h4-5,8-9H,3,6-7,14H2,1-2H3/t9-/m0/s1. The van der Waals surface area contributed by atoms with Gasteiger partial charge in [-0.2, -0.15) is 11.8 Å². The highest BCUT2D eigenvalue weighted by molar-refractivity contribution is 9.10. The van der Waals surface area contributed by atoms with Crippen molar-refractivity contribution >= 4 is 27.7 Å². The molecule has 0 saturated carbocycles. The van der Waals surface area contributed by atoms with E-state index < -0.39 is 0 Å². The summed E-state index contributed by atoms with van der Waals surface area (Å²) in [7, 11) is 0. The second-order valence-corrected chi connectivity index (χ2v) is 5.83. The maximum Gasteiger partial charge on any atom is 0.125 e. The summed E-state index contributed by atoms with van der Waals surface area (Å²) in [6.07, 6.45) is 0. The predicted molar refractivity (Wildman–Crippen MR) is 75.2 cm³/mol. The molecule has 0 heterocycles. The molecule has 2 N–H and O–H groups in total. The van der Waals surface area contributed by atoms with Gasteiger partial charge in [-0.1, -0.05) is 28.9 Å². The molecule has 90 valence electrons. The van der Waals surface area contributed by atoms with Crippen LogP contribution in [-0.2, 0) is 0 Å². The van der Waals surface area contributed by atoms with E-state index in [4.69, 9.17) is 10.5 Å². The molecule has 4 heteroatoms. The second-order valence-electron chi connectivity index (χ2n) is 3.52. The fourth-order valence-corrected chi connectivity index (χ4v) is 2.19. The van der Waals surface area contributed by atoms with Crippen molar-refractivity contribution in [3.8, 4) is 5.75 Å². The van der Waals surface area contributed by atoms with Crippen molar-refractivity contribution in [2.24, 2.45) is 5.73 Å². The lowest BCUT2D eigenvalue weighted by Crippen LogP contribution is -2.09. The van der Waals surface area contributed by atoms with Crippen LogP contribution in [-0.4, -0.2) is 18.1 Å². The molecule has 0 amide bonds. The van der Waals surface area contributed by atoms with Crippen molar-refractivity contribution in [2.75, 3.05) is 18.1 Å². The van der Waals surface area contributed by atoms with Crippen LogP contribution in [0.3, 0.4) is 0 Å². The SMILES string of the molecule is CCSCCOc1cc(Br)ccc1[C@H](C)N. The number of hydrogen-bond donors (Lipinski definition) is 1. The van der Waals surface area contributed by atoms with Gasteiger partial charge in [0, 0.05) is 21.8 Å². The number of thioether (sulfide) groups is 1. The van der Waals surface area contributed by atoms with Gasteiger partial charge in [-0.15, -0.1) is 0 Å². The normalized spacial score (nSPS) is 12.5. The van der Waals surface area contributed by atoms with Crippen LogP contribution in [0.4, 0.5) is 0 Å². The Balaban J connectivity index is 2.65. The third-order valence-electron chi connectivity index (χ3n) is 2.16. The topological polar surface area (TPSA) is 35.2 Å². The number of halogens is 1. The predicted octanol–water partition coefficient (Wildman–Crippen LogP) is 3.60. The summed E-state index contributed by atoms with van der Waals surface area (Å²) in [5.74, 6) is 3.03. The van der Waals surface area contributed by atoms with E-state index in [1.54, 1.807) is 0 Å². The molecule has 0 aromatic heterocycles. The molecule has 1 atom stereocenters. The fourth-order valence-electron chi connectivity index (χ4n) is 1.36. The van der Waals surface area contributed by atoms with Crippen LogP contribution in [0, 0.1) is 0 Å². The molecular formula is C12H18BrNOS. The zero-order valence-electron chi connectivity index (χ0n) is 9.70. The van der Waals surface area contributed by atoms with Crippen LogP contribution in [0.15, 0.2) is 22.7 Å². The van der Waals surface area contributed by atoms with Gasteiger partial charge >= 0.3 is 0 Å². The Kier molecular flexibility index (Phi) is 6.24. The lowest BCUT2D eigenvalue weighted by atomic mass is 10.1. The summed E-state index contributed by atoms with van der Waals surface area (Å²) in [5, 5.41) is 0. The second kappa shape index (κ2) is 7.20. The van der Waals surface area contributed by atoms with Crippen LogP contribution < -0.4 is 10.5 Å². The molecule has 0 unspecified atom stereocenters. The number of rotatable bonds is 6. The van der Waals surface area contributed by atoms with Crippen molar-refractivity contribution in [1.29, 1.82) is 0 Å². The number of hydrogen-bond acceptors (Lipinski definition) is 3. The summed E-state index contributed by atoms with van der Waals surface area (Å²) >= 11 is 5.32. The monoisotopic (exact) mass is 303 g/mol. The van der Waals surface area contributed by atoms with Crippen molar-refractivity contribution in [1.82, 2.24) is 0 Å². The zero-order chi connectivity index (χ0) is 12.0. The molecule has 0 aliphatic carbocycles. The number of ether oxygens (including phenoxy) is 1. The number of benzene rings is 1. The first-order valence-electron chi connectivity index (χ1n) is 5.40. The van der Waals surface area contributed by atoms with Crippen LogP contribution in [0.1, 0.15) is 25.5 Å². The number of nitrogens with two attached hydrogens (primary N) is 1. The van der Waals surface area contributed by atoms with Gasteiger partial charge in [0.2, 0.25) is 0 Å². The average Bonchev–Trinajstić information content (AvgIpc) is 2.24. The Morgan fingerprint density at radius 2 is 2.25 bits per heavy atom. The lowest BCUT2D eigenvalue weighted by Gasteiger charge is -2.14. The molecule has 0 fully saturated rings. The molecule has 0 aliphatic heterocycles. The van der Waals surface area contributed by atoms with E-state index in [1.165, 1.54) is 0 Å². The quantitative estimate of drug-likeness (QED) is 0.816. The van der Waals surface area contributed by atoms with Crippen LogP contribution >= 0.6 is 27.7 Å². The van der Waals surface area contributed by atoms with Crippen LogP contribution in [0.5, 0.6) is 5.75 Å². The summed E-state index contributed by atoms with van der Waals surface area (Å²) < 4.78 is 6.77. The van der Waals surface area contributed by atoms with Gasteiger partial charge in [0.25, 0.3) is 0 Å². The molecule has 2 nitrogen and oxygen atoms in total. The van der Waals surface area contributed by atoms with E-state index in [0.29, 0.717) is 0 Å². The molecule has 0 bridgehead atoms. The summed E-state index contributed by atoms with van der Waals surface area (Å²) in [4.78, 5) is 0. The summed E-state index contributed by atoms with van der Waals surface area (Å²) in [5.41, 5.74) is 6.95. The first kappa shape index (κ1) is 13.9. The van der Waals surface area contributed by atoms with E-state index in [9.17, 15) is 0 Å². The average molecular weight is 304 g/mol. The third kappa shape index (κ3) is 4.36. The van der Waals surface area contributed by atoms with Crippen molar-refractivity contribution in [3.05, 3.63) is 28.2 Å². The highest BCUT2D eigenvalue weighted by Gasteiger charge is 2.08. The molecule has 0 aliphatic rings. The maximum atomic E-state index is 5.89. The Morgan fingerprint density at radius 3 is 2.88 bits per heavy atom. The minimum absolute atomic E-state index is 0.00179. The van der Waals surface area contributed by atoms with Crippen LogP contribution in [0.2, 0.25) is 0 Å². The first-order chi connectivity index (χ1) is 7.65. The van der Waals surface area contributed by atoms with Gasteiger partial charge in [0.1, 0.15) is 5.75 Å². The Bertz CT molecular complexity index is 331. The largest absolute Gasteiger partial charge is 0.492 e. The molecule has 1 aromatic rings.